The summed E-state index contributed by atoms with van der Waals surface area (Å²) in [4.78, 5) is 0.0150. The summed E-state index contributed by atoms with van der Waals surface area (Å²) in [7, 11) is -3.72. The van der Waals surface area contributed by atoms with Gasteiger partial charge in [0.2, 0.25) is 10.0 Å². The van der Waals surface area contributed by atoms with E-state index < -0.39 is 10.0 Å². The average molecular weight is 326 g/mol. The molecule has 0 saturated carbocycles. The van der Waals surface area contributed by atoms with Gasteiger partial charge in [-0.1, -0.05) is 6.92 Å². The second kappa shape index (κ2) is 4.03. The van der Waals surface area contributed by atoms with Crippen LogP contribution in [-0.2, 0) is 16.4 Å². The van der Waals surface area contributed by atoms with Gasteiger partial charge in [0.25, 0.3) is 0 Å². The van der Waals surface area contributed by atoms with Gasteiger partial charge in [-0.25, -0.2) is 13.6 Å². The van der Waals surface area contributed by atoms with Crippen LogP contribution in [0.15, 0.2) is 17.0 Å². The van der Waals surface area contributed by atoms with E-state index in [1.54, 1.807) is 0 Å². The molecule has 6 heteroatoms. The van der Waals surface area contributed by atoms with Crippen LogP contribution in [0.2, 0.25) is 0 Å². The molecule has 14 heavy (non-hydrogen) atoms. The highest BCUT2D eigenvalue weighted by Crippen LogP contribution is 2.24. The van der Waals surface area contributed by atoms with Gasteiger partial charge in [0.15, 0.2) is 0 Å². The maximum Gasteiger partial charge on any atom is 0.240 e. The van der Waals surface area contributed by atoms with Crippen LogP contribution in [0.25, 0.3) is 0 Å². The Kier molecular flexibility index (Phi) is 3.38. The van der Waals surface area contributed by atoms with Crippen molar-refractivity contribution in [3.63, 3.8) is 0 Å². The van der Waals surface area contributed by atoms with Crippen molar-refractivity contribution in [2.24, 2.45) is 5.14 Å². The predicted octanol–water partition coefficient (Wildman–Crippen LogP) is 1.08. The second-order valence-corrected chi connectivity index (χ2v) is 5.65. The minimum Gasteiger partial charge on any atom is -0.397 e. The summed E-state index contributed by atoms with van der Waals surface area (Å²) in [6.45, 7) is 1.91. The summed E-state index contributed by atoms with van der Waals surface area (Å²) < 4.78 is 23.2. The van der Waals surface area contributed by atoms with Crippen LogP contribution < -0.4 is 10.9 Å². The first-order valence-electron chi connectivity index (χ1n) is 3.97. The van der Waals surface area contributed by atoms with E-state index in [4.69, 9.17) is 10.9 Å². The summed E-state index contributed by atoms with van der Waals surface area (Å²) in [6.07, 6.45) is 0.686. The largest absolute Gasteiger partial charge is 0.397 e. The number of aryl methyl sites for hydroxylation is 1. The first-order valence-corrected chi connectivity index (χ1v) is 6.59. The monoisotopic (exact) mass is 326 g/mol. The van der Waals surface area contributed by atoms with Gasteiger partial charge in [0.05, 0.1) is 5.69 Å². The van der Waals surface area contributed by atoms with E-state index in [-0.39, 0.29) is 10.6 Å². The van der Waals surface area contributed by atoms with Crippen LogP contribution in [0.3, 0.4) is 0 Å². The number of nitrogen functional groups attached to an aromatic ring is 1. The zero-order valence-corrected chi connectivity index (χ0v) is 10.6. The maximum atomic E-state index is 11.2. The molecular formula is C8H11IN2O2S. The highest BCUT2D eigenvalue weighted by atomic mass is 127. The molecule has 0 bridgehead atoms. The smallest absolute Gasteiger partial charge is 0.240 e. The third kappa shape index (κ3) is 2.37. The normalized spacial score (nSPS) is 11.6. The van der Waals surface area contributed by atoms with Crippen LogP contribution in [0.1, 0.15) is 12.5 Å². The molecular weight excluding hydrogens is 315 g/mol. The lowest BCUT2D eigenvalue weighted by atomic mass is 10.1. The fraction of sp³-hybridized carbons (Fsp3) is 0.250. The minimum absolute atomic E-state index is 0.0150. The number of primary sulfonamides is 1. The van der Waals surface area contributed by atoms with Crippen molar-refractivity contribution in [3.8, 4) is 0 Å². The van der Waals surface area contributed by atoms with Crippen LogP contribution in [0, 0.1) is 3.57 Å². The van der Waals surface area contributed by atoms with Gasteiger partial charge >= 0.3 is 0 Å². The molecule has 1 aromatic carbocycles. The SMILES string of the molecule is CCc1cc(I)cc(S(N)(=O)=O)c1N. The highest BCUT2D eigenvalue weighted by molar-refractivity contribution is 14.1. The van der Waals surface area contributed by atoms with E-state index in [0.717, 1.165) is 9.13 Å². The third-order valence-electron chi connectivity index (χ3n) is 1.88. The number of benzene rings is 1. The van der Waals surface area contributed by atoms with Crippen LogP contribution in [0.5, 0.6) is 0 Å². The Morgan fingerprint density at radius 1 is 1.43 bits per heavy atom. The molecule has 0 aliphatic carbocycles. The summed E-state index contributed by atoms with van der Waals surface area (Å²) in [5.74, 6) is 0. The first kappa shape index (κ1) is 11.7. The van der Waals surface area contributed by atoms with Gasteiger partial charge in [-0.15, -0.1) is 0 Å². The third-order valence-corrected chi connectivity index (χ3v) is 3.45. The molecule has 0 spiro atoms. The van der Waals surface area contributed by atoms with Crippen molar-refractivity contribution >= 4 is 38.3 Å². The number of rotatable bonds is 2. The molecule has 0 radical (unpaired) electrons. The lowest BCUT2D eigenvalue weighted by molar-refractivity contribution is 0.598. The molecule has 4 nitrogen and oxygen atoms in total. The molecule has 0 aliphatic heterocycles. The van der Waals surface area contributed by atoms with Crippen molar-refractivity contribution < 1.29 is 8.42 Å². The molecule has 1 aromatic rings. The fourth-order valence-corrected chi connectivity index (χ4v) is 2.80. The number of sulfonamides is 1. The maximum absolute atomic E-state index is 11.2. The molecule has 78 valence electrons. The molecule has 0 aliphatic rings. The summed E-state index contributed by atoms with van der Waals surface area (Å²) in [5, 5.41) is 5.04. The van der Waals surface area contributed by atoms with Gasteiger partial charge in [-0.2, -0.15) is 0 Å². The summed E-state index contributed by atoms with van der Waals surface area (Å²) in [5.41, 5.74) is 6.75. The second-order valence-electron chi connectivity index (χ2n) is 2.88. The Labute approximate surface area is 96.9 Å². The van der Waals surface area contributed by atoms with Gasteiger partial charge < -0.3 is 5.73 Å². The summed E-state index contributed by atoms with van der Waals surface area (Å²) in [6, 6.07) is 3.33. The van der Waals surface area contributed by atoms with Crippen molar-refractivity contribution in [3.05, 3.63) is 21.3 Å². The Balaban J connectivity index is 3.53. The topological polar surface area (TPSA) is 86.2 Å². The van der Waals surface area contributed by atoms with E-state index in [1.165, 1.54) is 6.07 Å². The molecule has 0 saturated heterocycles. The van der Waals surface area contributed by atoms with Gasteiger partial charge in [-0.05, 0) is 46.7 Å². The van der Waals surface area contributed by atoms with Crippen LogP contribution in [-0.4, -0.2) is 8.42 Å². The number of anilines is 1. The Morgan fingerprint density at radius 2 is 2.00 bits per heavy atom. The molecule has 1 rings (SSSR count). The van der Waals surface area contributed by atoms with E-state index in [9.17, 15) is 8.42 Å². The number of halogens is 1. The van der Waals surface area contributed by atoms with E-state index in [0.29, 0.717) is 6.42 Å². The minimum atomic E-state index is -3.72. The van der Waals surface area contributed by atoms with Gasteiger partial charge in [0.1, 0.15) is 4.90 Å². The molecule has 0 aromatic heterocycles. The zero-order chi connectivity index (χ0) is 10.9. The number of hydrogen-bond acceptors (Lipinski definition) is 3. The van der Waals surface area contributed by atoms with Crippen molar-refractivity contribution in [1.82, 2.24) is 0 Å². The van der Waals surface area contributed by atoms with Crippen LogP contribution >= 0.6 is 22.6 Å². The van der Waals surface area contributed by atoms with Crippen molar-refractivity contribution in [2.75, 3.05) is 5.73 Å². The van der Waals surface area contributed by atoms with E-state index in [2.05, 4.69) is 0 Å². The molecule has 0 atom stereocenters. The Bertz CT molecular complexity index is 457. The quantitative estimate of drug-likeness (QED) is 0.630. The number of nitrogens with two attached hydrogens (primary N) is 2. The lowest BCUT2D eigenvalue weighted by Crippen LogP contribution is -2.15. The number of hydrogen-bond donors (Lipinski definition) is 2. The zero-order valence-electron chi connectivity index (χ0n) is 7.62. The lowest BCUT2D eigenvalue weighted by Gasteiger charge is -2.08. The summed E-state index contributed by atoms with van der Waals surface area (Å²) >= 11 is 2.04. The van der Waals surface area contributed by atoms with Crippen molar-refractivity contribution in [1.29, 1.82) is 0 Å². The molecule has 0 unspecified atom stereocenters. The molecule has 0 fully saturated rings. The Hall–Kier alpha value is -0.340. The molecule has 0 amide bonds. The molecule has 0 heterocycles. The van der Waals surface area contributed by atoms with Gasteiger partial charge in [0, 0.05) is 3.57 Å². The fourth-order valence-electron chi connectivity index (χ4n) is 1.18. The van der Waals surface area contributed by atoms with Gasteiger partial charge in [-0.3, -0.25) is 0 Å². The van der Waals surface area contributed by atoms with E-state index in [1.807, 2.05) is 35.6 Å². The predicted molar refractivity (Wildman–Crippen MR) is 64.3 cm³/mol. The average Bonchev–Trinajstić information content (AvgIpc) is 2.06. The Morgan fingerprint density at radius 3 is 2.43 bits per heavy atom. The molecule has 4 N–H and O–H groups in total. The highest BCUT2D eigenvalue weighted by Gasteiger charge is 2.15. The van der Waals surface area contributed by atoms with E-state index >= 15 is 0 Å². The standard InChI is InChI=1S/C8H11IN2O2S/c1-2-5-3-6(9)4-7(8(5)10)14(11,12)13/h3-4H,2,10H2,1H3,(H2,11,12,13). The van der Waals surface area contributed by atoms with Crippen LogP contribution in [0.4, 0.5) is 5.69 Å². The first-order chi connectivity index (χ1) is 6.36. The van der Waals surface area contributed by atoms with Crippen molar-refractivity contribution in [2.45, 2.75) is 18.2 Å².